The number of benzene rings is 1. The van der Waals surface area contributed by atoms with Crippen LogP contribution in [0.15, 0.2) is 36.7 Å². The molecule has 6 heteroatoms. The monoisotopic (exact) mass is 295 g/mol. The molecule has 2 aromatic heterocycles. The van der Waals surface area contributed by atoms with Gasteiger partial charge in [-0.3, -0.25) is 14.9 Å². The van der Waals surface area contributed by atoms with Gasteiger partial charge in [0.1, 0.15) is 12.3 Å². The molecule has 1 N–H and O–H groups in total. The van der Waals surface area contributed by atoms with Gasteiger partial charge in [0.15, 0.2) is 6.29 Å². The molecule has 22 heavy (non-hydrogen) atoms. The molecule has 0 radical (unpaired) electrons. The summed E-state index contributed by atoms with van der Waals surface area (Å²) in [6, 6.07) is 6.74. The van der Waals surface area contributed by atoms with Gasteiger partial charge in [-0.25, -0.2) is 4.79 Å². The first-order chi connectivity index (χ1) is 10.7. The Morgan fingerprint density at radius 1 is 1.36 bits per heavy atom. The van der Waals surface area contributed by atoms with Crippen molar-refractivity contribution in [3.8, 4) is 0 Å². The largest absolute Gasteiger partial charge is 0.457 e. The zero-order chi connectivity index (χ0) is 15.5. The Hall–Kier alpha value is -3.02. The molecule has 0 unspecified atom stereocenters. The second kappa shape index (κ2) is 5.77. The normalized spacial score (nSPS) is 10.6. The first-order valence-corrected chi connectivity index (χ1v) is 6.69. The molecule has 0 aliphatic rings. The molecule has 110 valence electrons. The molecule has 0 spiro atoms. The standard InChI is InChI=1S/C16H13N3O3/c1-10-4-5-17-7-12(10)9-22-16(21)11-2-3-13-14(6-11)18-19-15(13)8-20/h2-8H,9H2,1H3,(H,18,19). The predicted octanol–water partition coefficient (Wildman–Crippen LogP) is 2.44. The first-order valence-electron chi connectivity index (χ1n) is 6.69. The lowest BCUT2D eigenvalue weighted by Gasteiger charge is -2.07. The summed E-state index contributed by atoms with van der Waals surface area (Å²) in [6.07, 6.45) is 4.06. The summed E-state index contributed by atoms with van der Waals surface area (Å²) < 4.78 is 5.29. The summed E-state index contributed by atoms with van der Waals surface area (Å²) in [5, 5.41) is 7.28. The Kier molecular flexibility index (Phi) is 3.65. The van der Waals surface area contributed by atoms with E-state index < -0.39 is 5.97 Å². The molecule has 0 bridgehead atoms. The highest BCUT2D eigenvalue weighted by molar-refractivity contribution is 5.99. The number of hydrogen-bond donors (Lipinski definition) is 1. The van der Waals surface area contributed by atoms with Gasteiger partial charge in [0.05, 0.1) is 11.1 Å². The van der Waals surface area contributed by atoms with Gasteiger partial charge in [-0.2, -0.15) is 5.10 Å². The van der Waals surface area contributed by atoms with Gasteiger partial charge >= 0.3 is 5.97 Å². The second-order valence-electron chi connectivity index (χ2n) is 4.87. The number of pyridine rings is 1. The van der Waals surface area contributed by atoms with Crippen LogP contribution < -0.4 is 0 Å². The summed E-state index contributed by atoms with van der Waals surface area (Å²) in [5.74, 6) is -0.444. The van der Waals surface area contributed by atoms with Gasteiger partial charge in [0.2, 0.25) is 0 Å². The van der Waals surface area contributed by atoms with Crippen molar-refractivity contribution in [2.45, 2.75) is 13.5 Å². The van der Waals surface area contributed by atoms with Gasteiger partial charge < -0.3 is 4.74 Å². The number of carbonyl (C=O) groups is 2. The molecule has 2 heterocycles. The van der Waals surface area contributed by atoms with E-state index in [1.54, 1.807) is 30.6 Å². The number of fused-ring (bicyclic) bond motifs is 1. The molecular weight excluding hydrogens is 282 g/mol. The number of aryl methyl sites for hydroxylation is 1. The number of aromatic amines is 1. The van der Waals surface area contributed by atoms with E-state index in [2.05, 4.69) is 15.2 Å². The van der Waals surface area contributed by atoms with Crippen molar-refractivity contribution >= 4 is 23.2 Å². The highest BCUT2D eigenvalue weighted by Crippen LogP contribution is 2.17. The molecule has 0 atom stereocenters. The van der Waals surface area contributed by atoms with Crippen LogP contribution in [0, 0.1) is 6.92 Å². The van der Waals surface area contributed by atoms with E-state index in [1.807, 2.05) is 13.0 Å². The summed E-state index contributed by atoms with van der Waals surface area (Å²) in [5.41, 5.74) is 3.20. The molecule has 3 aromatic rings. The molecule has 1 aromatic carbocycles. The van der Waals surface area contributed by atoms with Crippen LogP contribution in [0.2, 0.25) is 0 Å². The van der Waals surface area contributed by atoms with Gasteiger partial charge in [-0.05, 0) is 36.8 Å². The molecule has 0 amide bonds. The van der Waals surface area contributed by atoms with Gasteiger partial charge in [0, 0.05) is 23.3 Å². The number of nitrogens with one attached hydrogen (secondary N) is 1. The van der Waals surface area contributed by atoms with Crippen molar-refractivity contribution in [2.75, 3.05) is 0 Å². The fourth-order valence-corrected chi connectivity index (χ4v) is 2.12. The number of esters is 1. The number of aldehydes is 1. The van der Waals surface area contributed by atoms with Crippen LogP contribution in [0.25, 0.3) is 10.9 Å². The van der Waals surface area contributed by atoms with Crippen LogP contribution in [0.3, 0.4) is 0 Å². The SMILES string of the molecule is Cc1ccncc1COC(=O)c1ccc2c(C=O)[nH]nc2c1. The molecule has 0 fully saturated rings. The summed E-state index contributed by atoms with van der Waals surface area (Å²) in [6.45, 7) is 2.10. The maximum atomic E-state index is 12.1. The summed E-state index contributed by atoms with van der Waals surface area (Å²) in [4.78, 5) is 26.9. The van der Waals surface area contributed by atoms with E-state index in [0.29, 0.717) is 28.4 Å². The van der Waals surface area contributed by atoms with Crippen LogP contribution in [0.4, 0.5) is 0 Å². The average molecular weight is 295 g/mol. The third-order valence-electron chi connectivity index (χ3n) is 3.44. The number of nitrogens with zero attached hydrogens (tertiary/aromatic N) is 2. The average Bonchev–Trinajstić information content (AvgIpc) is 2.96. The van der Waals surface area contributed by atoms with E-state index in [-0.39, 0.29) is 6.61 Å². The van der Waals surface area contributed by atoms with Crippen molar-refractivity contribution in [1.82, 2.24) is 15.2 Å². The molecule has 0 saturated heterocycles. The quantitative estimate of drug-likeness (QED) is 0.590. The molecular formula is C16H13N3O3. The maximum absolute atomic E-state index is 12.1. The van der Waals surface area contributed by atoms with Crippen molar-refractivity contribution in [2.24, 2.45) is 0 Å². The number of rotatable bonds is 4. The third kappa shape index (κ3) is 2.58. The van der Waals surface area contributed by atoms with Crippen molar-refractivity contribution in [3.05, 3.63) is 59.0 Å². The second-order valence-corrected chi connectivity index (χ2v) is 4.87. The highest BCUT2D eigenvalue weighted by atomic mass is 16.5. The zero-order valence-electron chi connectivity index (χ0n) is 11.9. The predicted molar refractivity (Wildman–Crippen MR) is 79.6 cm³/mol. The fourth-order valence-electron chi connectivity index (χ4n) is 2.12. The zero-order valence-corrected chi connectivity index (χ0v) is 11.9. The van der Waals surface area contributed by atoms with Crippen LogP contribution in [0.1, 0.15) is 32.0 Å². The van der Waals surface area contributed by atoms with E-state index in [1.165, 1.54) is 0 Å². The molecule has 3 rings (SSSR count). The van der Waals surface area contributed by atoms with Crippen LogP contribution in [-0.4, -0.2) is 27.4 Å². The number of H-pyrrole nitrogens is 1. The lowest BCUT2D eigenvalue weighted by Crippen LogP contribution is -2.06. The molecule has 6 nitrogen and oxygen atoms in total. The van der Waals surface area contributed by atoms with Gasteiger partial charge in [0.25, 0.3) is 0 Å². The number of hydrogen-bond acceptors (Lipinski definition) is 5. The number of aromatic nitrogens is 3. The smallest absolute Gasteiger partial charge is 0.338 e. The van der Waals surface area contributed by atoms with Crippen LogP contribution in [-0.2, 0) is 11.3 Å². The van der Waals surface area contributed by atoms with Gasteiger partial charge in [-0.15, -0.1) is 0 Å². The Morgan fingerprint density at radius 3 is 3.00 bits per heavy atom. The van der Waals surface area contributed by atoms with Crippen LogP contribution >= 0.6 is 0 Å². The van der Waals surface area contributed by atoms with Crippen molar-refractivity contribution in [1.29, 1.82) is 0 Å². The van der Waals surface area contributed by atoms with Crippen molar-refractivity contribution in [3.63, 3.8) is 0 Å². The van der Waals surface area contributed by atoms with E-state index in [9.17, 15) is 9.59 Å². The van der Waals surface area contributed by atoms with E-state index in [4.69, 9.17) is 4.74 Å². The topological polar surface area (TPSA) is 84.9 Å². The highest BCUT2D eigenvalue weighted by Gasteiger charge is 2.12. The minimum Gasteiger partial charge on any atom is -0.457 e. The number of ether oxygens (including phenoxy) is 1. The third-order valence-corrected chi connectivity index (χ3v) is 3.44. The molecule has 0 aliphatic heterocycles. The lowest BCUT2D eigenvalue weighted by molar-refractivity contribution is 0.0472. The van der Waals surface area contributed by atoms with E-state index in [0.717, 1.165) is 11.1 Å². The Morgan fingerprint density at radius 2 is 2.23 bits per heavy atom. The Bertz CT molecular complexity index is 855. The fraction of sp³-hybridized carbons (Fsp3) is 0.125. The first kappa shape index (κ1) is 13.9. The molecule has 0 saturated carbocycles. The minimum atomic E-state index is -0.444. The Balaban J connectivity index is 1.77. The van der Waals surface area contributed by atoms with E-state index >= 15 is 0 Å². The summed E-state index contributed by atoms with van der Waals surface area (Å²) >= 11 is 0. The summed E-state index contributed by atoms with van der Waals surface area (Å²) in [7, 11) is 0. The minimum absolute atomic E-state index is 0.163. The van der Waals surface area contributed by atoms with Crippen LogP contribution in [0.5, 0.6) is 0 Å². The lowest BCUT2D eigenvalue weighted by atomic mass is 10.1. The Labute approximate surface area is 126 Å². The number of carbonyl (C=O) groups excluding carboxylic acids is 2. The maximum Gasteiger partial charge on any atom is 0.338 e. The van der Waals surface area contributed by atoms with Gasteiger partial charge in [-0.1, -0.05) is 0 Å². The van der Waals surface area contributed by atoms with Crippen molar-refractivity contribution < 1.29 is 14.3 Å². The molecule has 0 aliphatic carbocycles.